The first-order chi connectivity index (χ1) is 20.9. The lowest BCUT2D eigenvalue weighted by Gasteiger charge is -2.19. The normalized spacial score (nSPS) is 13.9. The molecule has 7 heteroatoms. The molecular formula is C36H42N2O5. The van der Waals surface area contributed by atoms with Gasteiger partial charge >= 0.3 is 0 Å². The fraction of sp³-hybridized carbons (Fsp3) is 0.306. The summed E-state index contributed by atoms with van der Waals surface area (Å²) in [5.41, 5.74) is 3.86. The van der Waals surface area contributed by atoms with Crippen LogP contribution < -0.4 is 20.1 Å². The van der Waals surface area contributed by atoms with Crippen LogP contribution in [0.1, 0.15) is 42.2 Å². The van der Waals surface area contributed by atoms with Crippen molar-refractivity contribution in [1.82, 2.24) is 10.6 Å². The van der Waals surface area contributed by atoms with E-state index >= 15 is 0 Å². The predicted molar refractivity (Wildman–Crippen MR) is 169 cm³/mol. The topological polar surface area (TPSA) is 100 Å². The van der Waals surface area contributed by atoms with Crippen molar-refractivity contribution in [1.29, 1.82) is 0 Å². The van der Waals surface area contributed by atoms with Gasteiger partial charge in [-0.15, -0.1) is 0 Å². The molecule has 0 aromatic heterocycles. The SMILES string of the molecule is C[C@H](Cc1ccc(C[C@@H](C)NC(=O)[C@H](O)c2ccc(OCc3ccccc3)cc2)cc1)NC[C@H](O)COc1ccccc1. The van der Waals surface area contributed by atoms with Crippen LogP contribution >= 0.6 is 0 Å². The Morgan fingerprint density at radius 1 is 0.674 bits per heavy atom. The highest BCUT2D eigenvalue weighted by molar-refractivity contribution is 5.82. The number of para-hydroxylation sites is 1. The van der Waals surface area contributed by atoms with E-state index in [4.69, 9.17) is 9.47 Å². The lowest BCUT2D eigenvalue weighted by Crippen LogP contribution is -2.37. The first kappa shape index (κ1) is 31.8. The van der Waals surface area contributed by atoms with Crippen molar-refractivity contribution in [2.45, 2.75) is 57.6 Å². The van der Waals surface area contributed by atoms with E-state index in [-0.39, 0.29) is 18.7 Å². The van der Waals surface area contributed by atoms with Crippen LogP contribution in [0.2, 0.25) is 0 Å². The zero-order valence-corrected chi connectivity index (χ0v) is 24.9. The highest BCUT2D eigenvalue weighted by Gasteiger charge is 2.19. The molecule has 4 atom stereocenters. The quantitative estimate of drug-likeness (QED) is 0.148. The fourth-order valence-electron chi connectivity index (χ4n) is 4.71. The zero-order chi connectivity index (χ0) is 30.4. The van der Waals surface area contributed by atoms with Gasteiger partial charge in [0.1, 0.15) is 30.8 Å². The molecule has 0 heterocycles. The van der Waals surface area contributed by atoms with Crippen LogP contribution in [-0.2, 0) is 24.2 Å². The molecule has 0 saturated carbocycles. The van der Waals surface area contributed by atoms with Gasteiger partial charge in [-0.05, 0) is 73.2 Å². The first-order valence-corrected chi connectivity index (χ1v) is 14.8. The monoisotopic (exact) mass is 582 g/mol. The van der Waals surface area contributed by atoms with Crippen LogP contribution in [0, 0.1) is 0 Å². The molecule has 0 aliphatic heterocycles. The molecule has 226 valence electrons. The van der Waals surface area contributed by atoms with Crippen molar-refractivity contribution < 1.29 is 24.5 Å². The van der Waals surface area contributed by atoms with Gasteiger partial charge in [0.15, 0.2) is 6.10 Å². The van der Waals surface area contributed by atoms with E-state index in [2.05, 4.69) is 41.8 Å². The van der Waals surface area contributed by atoms with Crippen molar-refractivity contribution in [3.8, 4) is 11.5 Å². The zero-order valence-electron chi connectivity index (χ0n) is 24.9. The molecule has 4 rings (SSSR count). The maximum atomic E-state index is 12.7. The van der Waals surface area contributed by atoms with Crippen molar-refractivity contribution in [3.05, 3.63) is 131 Å². The Balaban J connectivity index is 1.15. The maximum absolute atomic E-state index is 12.7. The molecule has 0 unspecified atom stereocenters. The number of ether oxygens (including phenoxy) is 2. The third-order valence-electron chi connectivity index (χ3n) is 7.08. The van der Waals surface area contributed by atoms with Gasteiger partial charge in [0.05, 0.1) is 0 Å². The van der Waals surface area contributed by atoms with E-state index in [1.54, 1.807) is 24.3 Å². The van der Waals surface area contributed by atoms with Crippen molar-refractivity contribution in [2.75, 3.05) is 13.2 Å². The van der Waals surface area contributed by atoms with Crippen molar-refractivity contribution >= 4 is 5.91 Å². The summed E-state index contributed by atoms with van der Waals surface area (Å²) < 4.78 is 11.4. The second kappa shape index (κ2) is 16.5. The van der Waals surface area contributed by atoms with Gasteiger partial charge < -0.3 is 30.3 Å². The molecule has 0 spiro atoms. The number of carbonyl (C=O) groups excluding carboxylic acids is 1. The second-order valence-corrected chi connectivity index (χ2v) is 11.0. The largest absolute Gasteiger partial charge is 0.491 e. The molecule has 0 fully saturated rings. The van der Waals surface area contributed by atoms with E-state index in [9.17, 15) is 15.0 Å². The Kier molecular flexibility index (Phi) is 12.2. The highest BCUT2D eigenvalue weighted by Crippen LogP contribution is 2.20. The lowest BCUT2D eigenvalue weighted by molar-refractivity contribution is -0.130. The predicted octanol–water partition coefficient (Wildman–Crippen LogP) is 5.01. The average molecular weight is 583 g/mol. The van der Waals surface area contributed by atoms with Crippen LogP contribution in [-0.4, -0.2) is 47.5 Å². The molecule has 4 aromatic carbocycles. The average Bonchev–Trinajstić information content (AvgIpc) is 3.03. The van der Waals surface area contributed by atoms with Crippen LogP contribution in [0.3, 0.4) is 0 Å². The van der Waals surface area contributed by atoms with Gasteiger partial charge in [-0.2, -0.15) is 0 Å². The van der Waals surface area contributed by atoms with Crippen LogP contribution in [0.4, 0.5) is 0 Å². The third kappa shape index (κ3) is 10.9. The van der Waals surface area contributed by atoms with Crippen molar-refractivity contribution in [2.24, 2.45) is 0 Å². The van der Waals surface area contributed by atoms with Gasteiger partial charge in [0.25, 0.3) is 5.91 Å². The van der Waals surface area contributed by atoms with Gasteiger partial charge in [-0.25, -0.2) is 0 Å². The fourth-order valence-corrected chi connectivity index (χ4v) is 4.71. The van der Waals surface area contributed by atoms with E-state index in [0.717, 1.165) is 23.3 Å². The Hall–Kier alpha value is -4.17. The van der Waals surface area contributed by atoms with Gasteiger partial charge in [0, 0.05) is 18.6 Å². The summed E-state index contributed by atoms with van der Waals surface area (Å²) in [5.74, 6) is 0.988. The smallest absolute Gasteiger partial charge is 0.253 e. The van der Waals surface area contributed by atoms with Crippen LogP contribution in [0.25, 0.3) is 0 Å². The second-order valence-electron chi connectivity index (χ2n) is 11.0. The molecule has 43 heavy (non-hydrogen) atoms. The standard InChI is InChI=1S/C36H42N2O5/c1-26(37-23-32(39)25-43-33-11-7-4-8-12-33)21-28-13-15-29(16-14-28)22-27(2)38-36(41)35(40)31-17-19-34(20-18-31)42-24-30-9-5-3-6-10-30/h3-20,26-27,32,35,37,39-40H,21-25H2,1-2H3,(H,38,41)/t26-,27-,32+,35-/m1/s1. The van der Waals surface area contributed by atoms with Gasteiger partial charge in [0.2, 0.25) is 0 Å². The molecule has 0 radical (unpaired) electrons. The summed E-state index contributed by atoms with van der Waals surface area (Å²) in [4.78, 5) is 12.7. The number of benzene rings is 4. The summed E-state index contributed by atoms with van der Waals surface area (Å²) in [6.45, 7) is 5.15. The van der Waals surface area contributed by atoms with Crippen LogP contribution in [0.5, 0.6) is 11.5 Å². The lowest BCUT2D eigenvalue weighted by atomic mass is 10.0. The number of amides is 1. The molecule has 0 aliphatic rings. The molecule has 0 saturated heterocycles. The van der Waals surface area contributed by atoms with E-state index < -0.39 is 18.1 Å². The first-order valence-electron chi connectivity index (χ1n) is 14.8. The number of carbonyl (C=O) groups is 1. The number of aliphatic hydroxyl groups excluding tert-OH is 2. The Bertz CT molecular complexity index is 1360. The van der Waals surface area contributed by atoms with E-state index in [1.807, 2.05) is 67.6 Å². The van der Waals surface area contributed by atoms with Crippen molar-refractivity contribution in [3.63, 3.8) is 0 Å². The summed E-state index contributed by atoms with van der Waals surface area (Å²) in [6.07, 6.45) is -0.392. The van der Waals surface area contributed by atoms with E-state index in [0.29, 0.717) is 30.9 Å². The molecule has 1 amide bonds. The Labute approximate surface area is 254 Å². The molecule has 0 aliphatic carbocycles. The number of rotatable bonds is 16. The van der Waals surface area contributed by atoms with Crippen LogP contribution in [0.15, 0.2) is 109 Å². The molecular weight excluding hydrogens is 540 g/mol. The molecule has 4 N–H and O–H groups in total. The number of aliphatic hydroxyl groups is 2. The minimum absolute atomic E-state index is 0.151. The van der Waals surface area contributed by atoms with E-state index in [1.165, 1.54) is 5.56 Å². The minimum atomic E-state index is -1.26. The summed E-state index contributed by atoms with van der Waals surface area (Å²) >= 11 is 0. The number of nitrogens with one attached hydrogen (secondary N) is 2. The minimum Gasteiger partial charge on any atom is -0.491 e. The number of hydrogen-bond donors (Lipinski definition) is 4. The highest BCUT2D eigenvalue weighted by atomic mass is 16.5. The molecule has 0 bridgehead atoms. The number of hydrogen-bond acceptors (Lipinski definition) is 6. The summed E-state index contributed by atoms with van der Waals surface area (Å²) in [5, 5.41) is 27.1. The summed E-state index contributed by atoms with van der Waals surface area (Å²) in [7, 11) is 0. The maximum Gasteiger partial charge on any atom is 0.253 e. The molecule has 4 aromatic rings. The Morgan fingerprint density at radius 3 is 1.86 bits per heavy atom. The summed E-state index contributed by atoms with van der Waals surface area (Å²) in [6, 6.07) is 34.6. The third-order valence-corrected chi connectivity index (χ3v) is 7.08. The molecule has 7 nitrogen and oxygen atoms in total. The van der Waals surface area contributed by atoms with Gasteiger partial charge in [-0.3, -0.25) is 4.79 Å². The Morgan fingerprint density at radius 2 is 1.23 bits per heavy atom. The van der Waals surface area contributed by atoms with Gasteiger partial charge in [-0.1, -0.05) is 84.9 Å².